The number of rotatable bonds is 5. The molecule has 0 radical (unpaired) electrons. The summed E-state index contributed by atoms with van der Waals surface area (Å²) >= 11 is 5.91. The van der Waals surface area contributed by atoms with Crippen LogP contribution in [0.15, 0.2) is 36.5 Å². The van der Waals surface area contributed by atoms with Gasteiger partial charge in [-0.3, -0.25) is 4.79 Å². The van der Waals surface area contributed by atoms with Crippen LogP contribution in [0.3, 0.4) is 0 Å². The number of nitrogens with one attached hydrogen (secondary N) is 1. The number of aromatic nitrogens is 1. The maximum atomic E-state index is 12.2. The fourth-order valence-electron chi connectivity index (χ4n) is 2.07. The topological polar surface area (TPSA) is 60.0 Å². The number of nitrogens with zero attached hydrogens (tertiary/aromatic N) is 1. The number of halogens is 1. The number of benzene rings is 1. The van der Waals surface area contributed by atoms with Crippen LogP contribution >= 0.6 is 11.6 Å². The maximum Gasteiger partial charge on any atom is 0.268 e. The second kappa shape index (κ2) is 6.48. The van der Waals surface area contributed by atoms with Gasteiger partial charge < -0.3 is 15.6 Å². The van der Waals surface area contributed by atoms with E-state index in [1.54, 1.807) is 18.3 Å². The number of nitrogen functional groups attached to an aromatic ring is 1. The minimum atomic E-state index is -0.130. The number of carbonyl (C=O) groups is 1. The minimum Gasteiger partial charge on any atom is -0.397 e. The van der Waals surface area contributed by atoms with E-state index in [1.807, 2.05) is 22.8 Å². The number of carbonyl (C=O) groups excluding carboxylic acids is 1. The average molecular weight is 292 g/mol. The molecular weight excluding hydrogens is 274 g/mol. The summed E-state index contributed by atoms with van der Waals surface area (Å²) in [6.45, 7) is 3.28. The molecular formula is C15H18ClN3O. The highest BCUT2D eigenvalue weighted by atomic mass is 35.5. The monoisotopic (exact) mass is 291 g/mol. The number of nitrogens with two attached hydrogens (primary N) is 1. The molecule has 0 atom stereocenters. The zero-order valence-corrected chi connectivity index (χ0v) is 12.2. The molecule has 0 unspecified atom stereocenters. The third kappa shape index (κ3) is 3.54. The lowest BCUT2D eigenvalue weighted by Crippen LogP contribution is -2.25. The summed E-state index contributed by atoms with van der Waals surface area (Å²) < 4.78 is 1.88. The molecule has 0 aliphatic carbocycles. The van der Waals surface area contributed by atoms with E-state index < -0.39 is 0 Å². The molecule has 0 saturated carbocycles. The summed E-state index contributed by atoms with van der Waals surface area (Å²) in [5, 5.41) is 3.54. The van der Waals surface area contributed by atoms with Crippen LogP contribution in [0.25, 0.3) is 0 Å². The van der Waals surface area contributed by atoms with Crippen LogP contribution in [0, 0.1) is 0 Å². The van der Waals surface area contributed by atoms with Crippen LogP contribution in [0.2, 0.25) is 5.02 Å². The van der Waals surface area contributed by atoms with Gasteiger partial charge in [0, 0.05) is 24.3 Å². The van der Waals surface area contributed by atoms with E-state index in [0.29, 0.717) is 22.9 Å². The molecule has 106 valence electrons. The van der Waals surface area contributed by atoms with E-state index in [0.717, 1.165) is 18.5 Å². The van der Waals surface area contributed by atoms with E-state index in [9.17, 15) is 4.79 Å². The van der Waals surface area contributed by atoms with Crippen LogP contribution in [-0.4, -0.2) is 10.5 Å². The number of anilines is 1. The van der Waals surface area contributed by atoms with Crippen LogP contribution in [-0.2, 0) is 13.1 Å². The van der Waals surface area contributed by atoms with Crippen LogP contribution in [0.1, 0.15) is 29.4 Å². The lowest BCUT2D eigenvalue weighted by Gasteiger charge is -2.09. The Morgan fingerprint density at radius 2 is 2.20 bits per heavy atom. The van der Waals surface area contributed by atoms with Gasteiger partial charge in [-0.1, -0.05) is 30.7 Å². The summed E-state index contributed by atoms with van der Waals surface area (Å²) in [5.74, 6) is -0.130. The van der Waals surface area contributed by atoms with Crippen molar-refractivity contribution in [3.8, 4) is 0 Å². The molecule has 0 fully saturated rings. The normalized spacial score (nSPS) is 10.5. The third-order valence-electron chi connectivity index (χ3n) is 2.96. The number of amides is 1. The van der Waals surface area contributed by atoms with Crippen molar-refractivity contribution in [2.75, 3.05) is 5.73 Å². The van der Waals surface area contributed by atoms with Gasteiger partial charge in [-0.2, -0.15) is 0 Å². The molecule has 20 heavy (non-hydrogen) atoms. The molecule has 0 spiro atoms. The Morgan fingerprint density at radius 3 is 2.90 bits per heavy atom. The van der Waals surface area contributed by atoms with Crippen molar-refractivity contribution < 1.29 is 4.79 Å². The summed E-state index contributed by atoms with van der Waals surface area (Å²) in [6, 6.07) is 9.12. The number of hydrogen-bond donors (Lipinski definition) is 2. The molecule has 1 aromatic heterocycles. The molecule has 5 heteroatoms. The van der Waals surface area contributed by atoms with Crippen LogP contribution < -0.4 is 11.1 Å². The standard InChI is InChI=1S/C15H18ClN3O/c1-2-6-19-10-13(17)8-14(19)15(20)18-9-11-4-3-5-12(16)7-11/h3-5,7-8,10H,2,6,9,17H2,1H3,(H,18,20). The molecule has 3 N–H and O–H groups in total. The van der Waals surface area contributed by atoms with E-state index in [1.165, 1.54) is 0 Å². The molecule has 1 heterocycles. The van der Waals surface area contributed by atoms with Gasteiger partial charge >= 0.3 is 0 Å². The molecule has 1 amide bonds. The third-order valence-corrected chi connectivity index (χ3v) is 3.19. The van der Waals surface area contributed by atoms with Gasteiger partial charge in [-0.05, 0) is 30.2 Å². The van der Waals surface area contributed by atoms with Gasteiger partial charge in [0.2, 0.25) is 0 Å². The second-order valence-electron chi connectivity index (χ2n) is 4.66. The van der Waals surface area contributed by atoms with E-state index in [-0.39, 0.29) is 5.91 Å². The maximum absolute atomic E-state index is 12.2. The highest BCUT2D eigenvalue weighted by Gasteiger charge is 2.12. The predicted octanol–water partition coefficient (Wildman–Crippen LogP) is 3.06. The Bertz CT molecular complexity index is 607. The lowest BCUT2D eigenvalue weighted by molar-refractivity contribution is 0.0941. The fourth-order valence-corrected chi connectivity index (χ4v) is 2.28. The largest absolute Gasteiger partial charge is 0.397 e. The molecule has 0 saturated heterocycles. The van der Waals surface area contributed by atoms with Crippen molar-refractivity contribution in [2.24, 2.45) is 0 Å². The second-order valence-corrected chi connectivity index (χ2v) is 5.10. The van der Waals surface area contributed by atoms with Crippen molar-refractivity contribution in [1.82, 2.24) is 9.88 Å². The summed E-state index contributed by atoms with van der Waals surface area (Å²) in [4.78, 5) is 12.2. The van der Waals surface area contributed by atoms with Gasteiger partial charge in [-0.25, -0.2) is 0 Å². The Kier molecular flexibility index (Phi) is 4.69. The van der Waals surface area contributed by atoms with E-state index in [4.69, 9.17) is 17.3 Å². The quantitative estimate of drug-likeness (QED) is 0.889. The molecule has 0 bridgehead atoms. The van der Waals surface area contributed by atoms with E-state index in [2.05, 4.69) is 12.2 Å². The van der Waals surface area contributed by atoms with E-state index >= 15 is 0 Å². The van der Waals surface area contributed by atoms with Crippen LogP contribution in [0.5, 0.6) is 0 Å². The zero-order chi connectivity index (χ0) is 14.5. The van der Waals surface area contributed by atoms with Crippen molar-refractivity contribution >= 4 is 23.2 Å². The molecule has 2 aromatic rings. The number of hydrogen-bond acceptors (Lipinski definition) is 2. The Labute approximate surface area is 123 Å². The number of aryl methyl sites for hydroxylation is 1. The SMILES string of the molecule is CCCn1cc(N)cc1C(=O)NCc1cccc(Cl)c1. The van der Waals surface area contributed by atoms with Crippen molar-refractivity contribution in [3.05, 3.63) is 52.8 Å². The first kappa shape index (κ1) is 14.5. The summed E-state index contributed by atoms with van der Waals surface area (Å²) in [5.41, 5.74) is 7.91. The van der Waals surface area contributed by atoms with Gasteiger partial charge in [0.25, 0.3) is 5.91 Å². The van der Waals surface area contributed by atoms with Crippen LogP contribution in [0.4, 0.5) is 5.69 Å². The zero-order valence-electron chi connectivity index (χ0n) is 11.4. The van der Waals surface area contributed by atoms with Gasteiger partial charge in [-0.15, -0.1) is 0 Å². The Balaban J connectivity index is 2.05. The fraction of sp³-hybridized carbons (Fsp3) is 0.267. The van der Waals surface area contributed by atoms with Gasteiger partial charge in [0.1, 0.15) is 5.69 Å². The average Bonchev–Trinajstić information content (AvgIpc) is 2.78. The summed E-state index contributed by atoms with van der Waals surface area (Å²) in [6.07, 6.45) is 2.74. The molecule has 2 rings (SSSR count). The molecule has 4 nitrogen and oxygen atoms in total. The van der Waals surface area contributed by atoms with Crippen molar-refractivity contribution in [3.63, 3.8) is 0 Å². The van der Waals surface area contributed by atoms with Crippen molar-refractivity contribution in [2.45, 2.75) is 26.4 Å². The first-order valence-corrected chi connectivity index (χ1v) is 6.96. The molecule has 1 aromatic carbocycles. The lowest BCUT2D eigenvalue weighted by atomic mass is 10.2. The minimum absolute atomic E-state index is 0.130. The first-order valence-electron chi connectivity index (χ1n) is 6.58. The smallest absolute Gasteiger partial charge is 0.268 e. The van der Waals surface area contributed by atoms with Gasteiger partial charge in [0.05, 0.1) is 5.69 Å². The highest BCUT2D eigenvalue weighted by molar-refractivity contribution is 6.30. The predicted molar refractivity (Wildman–Crippen MR) is 81.8 cm³/mol. The Hall–Kier alpha value is -1.94. The molecule has 0 aliphatic rings. The first-order chi connectivity index (χ1) is 9.60. The highest BCUT2D eigenvalue weighted by Crippen LogP contribution is 2.13. The summed E-state index contributed by atoms with van der Waals surface area (Å²) in [7, 11) is 0. The van der Waals surface area contributed by atoms with Gasteiger partial charge in [0.15, 0.2) is 0 Å². The molecule has 0 aliphatic heterocycles. The van der Waals surface area contributed by atoms with Crippen molar-refractivity contribution in [1.29, 1.82) is 0 Å². The Morgan fingerprint density at radius 1 is 1.40 bits per heavy atom.